The lowest BCUT2D eigenvalue weighted by Gasteiger charge is -2.35. The Labute approximate surface area is 85.3 Å². The second-order valence-corrected chi connectivity index (χ2v) is 4.86. The molecule has 1 heterocycles. The topological polar surface area (TPSA) is 52.6 Å². The molecule has 1 rings (SSSR count). The van der Waals surface area contributed by atoms with E-state index in [1.165, 1.54) is 4.90 Å². The summed E-state index contributed by atoms with van der Waals surface area (Å²) in [6, 6.07) is 0.338. The van der Waals surface area contributed by atoms with E-state index in [2.05, 4.69) is 5.32 Å². The zero-order chi connectivity index (χ0) is 10.8. The highest BCUT2D eigenvalue weighted by Gasteiger charge is 2.29. The molecule has 0 aromatic carbocycles. The van der Waals surface area contributed by atoms with E-state index in [1.54, 1.807) is 0 Å². The van der Waals surface area contributed by atoms with E-state index < -0.39 is 6.09 Å². The second kappa shape index (κ2) is 4.17. The standard InChI is InChI=1S/C10H20N2O2/c1-10(2,3)12(9(13)14)7-8-5-4-6-11-8/h8,11H,4-7H2,1-3H3,(H,13,14)/t8-/m0/s1. The predicted molar refractivity (Wildman–Crippen MR) is 55.5 cm³/mol. The first kappa shape index (κ1) is 11.3. The molecule has 0 aliphatic carbocycles. The summed E-state index contributed by atoms with van der Waals surface area (Å²) in [7, 11) is 0. The van der Waals surface area contributed by atoms with Crippen molar-refractivity contribution in [2.75, 3.05) is 13.1 Å². The maximum atomic E-state index is 11.0. The third kappa shape index (κ3) is 2.87. The normalized spacial score (nSPS) is 22.4. The van der Waals surface area contributed by atoms with Gasteiger partial charge in [0.1, 0.15) is 0 Å². The lowest BCUT2D eigenvalue weighted by Crippen LogP contribution is -2.50. The van der Waals surface area contributed by atoms with Gasteiger partial charge in [-0.25, -0.2) is 4.79 Å². The number of carbonyl (C=O) groups is 1. The molecule has 0 unspecified atom stereocenters. The summed E-state index contributed by atoms with van der Waals surface area (Å²) in [5.74, 6) is 0. The predicted octanol–water partition coefficient (Wildman–Crippen LogP) is 1.52. The van der Waals surface area contributed by atoms with E-state index in [4.69, 9.17) is 5.11 Å². The van der Waals surface area contributed by atoms with Crippen LogP contribution >= 0.6 is 0 Å². The number of hydrogen-bond acceptors (Lipinski definition) is 2. The maximum Gasteiger partial charge on any atom is 0.407 e. The fourth-order valence-corrected chi connectivity index (χ4v) is 1.77. The fraction of sp³-hybridized carbons (Fsp3) is 0.900. The van der Waals surface area contributed by atoms with Gasteiger partial charge in [-0.3, -0.25) is 0 Å². The molecular formula is C10H20N2O2. The monoisotopic (exact) mass is 200 g/mol. The third-order valence-electron chi connectivity index (χ3n) is 2.61. The van der Waals surface area contributed by atoms with Crippen LogP contribution in [0.25, 0.3) is 0 Å². The van der Waals surface area contributed by atoms with Gasteiger partial charge in [-0.1, -0.05) is 0 Å². The Morgan fingerprint density at radius 3 is 2.57 bits per heavy atom. The summed E-state index contributed by atoms with van der Waals surface area (Å²) in [6.07, 6.45) is 1.41. The van der Waals surface area contributed by atoms with Crippen LogP contribution in [0.4, 0.5) is 4.79 Å². The molecule has 14 heavy (non-hydrogen) atoms. The average Bonchev–Trinajstić information content (AvgIpc) is 2.48. The van der Waals surface area contributed by atoms with Crippen LogP contribution in [0, 0.1) is 0 Å². The molecule has 4 heteroatoms. The number of carboxylic acid groups (broad SMARTS) is 1. The van der Waals surface area contributed by atoms with Crippen LogP contribution in [0.3, 0.4) is 0 Å². The highest BCUT2D eigenvalue weighted by Crippen LogP contribution is 2.16. The SMILES string of the molecule is CC(C)(C)N(C[C@@H]1CCCN1)C(=O)O. The Morgan fingerprint density at radius 1 is 1.57 bits per heavy atom. The molecule has 4 nitrogen and oxygen atoms in total. The van der Waals surface area contributed by atoms with E-state index in [0.29, 0.717) is 12.6 Å². The third-order valence-corrected chi connectivity index (χ3v) is 2.61. The van der Waals surface area contributed by atoms with Crippen molar-refractivity contribution in [3.05, 3.63) is 0 Å². The van der Waals surface area contributed by atoms with Crippen molar-refractivity contribution in [3.8, 4) is 0 Å². The number of rotatable bonds is 2. The molecule has 0 aromatic rings. The number of amides is 1. The first-order valence-corrected chi connectivity index (χ1v) is 5.15. The molecule has 1 saturated heterocycles. The first-order valence-electron chi connectivity index (χ1n) is 5.15. The molecule has 82 valence electrons. The quantitative estimate of drug-likeness (QED) is 0.710. The van der Waals surface area contributed by atoms with Gasteiger partial charge in [-0.05, 0) is 40.2 Å². The van der Waals surface area contributed by atoms with E-state index in [-0.39, 0.29) is 5.54 Å². The fourth-order valence-electron chi connectivity index (χ4n) is 1.77. The Kier molecular flexibility index (Phi) is 3.37. The molecule has 1 aliphatic rings. The second-order valence-electron chi connectivity index (χ2n) is 4.86. The Bertz CT molecular complexity index is 205. The Balaban J connectivity index is 2.55. The van der Waals surface area contributed by atoms with Gasteiger partial charge in [-0.2, -0.15) is 0 Å². The summed E-state index contributed by atoms with van der Waals surface area (Å²) in [5.41, 5.74) is -0.309. The van der Waals surface area contributed by atoms with Crippen molar-refractivity contribution < 1.29 is 9.90 Å². The van der Waals surface area contributed by atoms with E-state index in [1.807, 2.05) is 20.8 Å². The summed E-state index contributed by atoms with van der Waals surface area (Å²) in [5, 5.41) is 12.4. The van der Waals surface area contributed by atoms with E-state index in [9.17, 15) is 4.79 Å². The Morgan fingerprint density at radius 2 is 2.21 bits per heavy atom. The molecule has 0 spiro atoms. The van der Waals surface area contributed by atoms with E-state index >= 15 is 0 Å². The van der Waals surface area contributed by atoms with Crippen LogP contribution < -0.4 is 5.32 Å². The van der Waals surface area contributed by atoms with Crippen molar-refractivity contribution in [1.29, 1.82) is 0 Å². The summed E-state index contributed by atoms with van der Waals surface area (Å²) < 4.78 is 0. The number of nitrogens with zero attached hydrogens (tertiary/aromatic N) is 1. The minimum absolute atomic E-state index is 0.309. The number of nitrogens with one attached hydrogen (secondary N) is 1. The number of hydrogen-bond donors (Lipinski definition) is 2. The lowest BCUT2D eigenvalue weighted by molar-refractivity contribution is 0.0945. The van der Waals surface area contributed by atoms with Gasteiger partial charge in [0.25, 0.3) is 0 Å². The molecule has 0 saturated carbocycles. The molecule has 1 amide bonds. The summed E-state index contributed by atoms with van der Waals surface area (Å²) in [6.45, 7) is 7.39. The van der Waals surface area contributed by atoms with Crippen molar-refractivity contribution in [3.63, 3.8) is 0 Å². The van der Waals surface area contributed by atoms with Crippen molar-refractivity contribution in [2.24, 2.45) is 0 Å². The van der Waals surface area contributed by atoms with Crippen LogP contribution in [0.5, 0.6) is 0 Å². The largest absolute Gasteiger partial charge is 0.465 e. The minimum atomic E-state index is -0.828. The Hall–Kier alpha value is -0.770. The molecule has 1 aliphatic heterocycles. The van der Waals surface area contributed by atoms with Crippen molar-refractivity contribution in [2.45, 2.75) is 45.2 Å². The van der Waals surface area contributed by atoms with Crippen LogP contribution in [0.1, 0.15) is 33.6 Å². The average molecular weight is 200 g/mol. The smallest absolute Gasteiger partial charge is 0.407 e. The van der Waals surface area contributed by atoms with E-state index in [0.717, 1.165) is 19.4 Å². The van der Waals surface area contributed by atoms with Gasteiger partial charge in [-0.15, -0.1) is 0 Å². The van der Waals surface area contributed by atoms with Crippen LogP contribution in [0.2, 0.25) is 0 Å². The molecule has 1 atom stereocenters. The molecule has 0 aromatic heterocycles. The van der Waals surface area contributed by atoms with Crippen LogP contribution in [0.15, 0.2) is 0 Å². The van der Waals surface area contributed by atoms with Crippen LogP contribution in [-0.4, -0.2) is 40.8 Å². The van der Waals surface area contributed by atoms with Gasteiger partial charge in [0.15, 0.2) is 0 Å². The van der Waals surface area contributed by atoms with Gasteiger partial charge >= 0.3 is 6.09 Å². The van der Waals surface area contributed by atoms with Gasteiger partial charge in [0, 0.05) is 18.1 Å². The zero-order valence-electron chi connectivity index (χ0n) is 9.21. The first-order chi connectivity index (χ1) is 6.41. The van der Waals surface area contributed by atoms with Crippen LogP contribution in [-0.2, 0) is 0 Å². The van der Waals surface area contributed by atoms with Gasteiger partial charge in [0.05, 0.1) is 0 Å². The molecule has 0 bridgehead atoms. The maximum absolute atomic E-state index is 11.0. The summed E-state index contributed by atoms with van der Waals surface area (Å²) >= 11 is 0. The van der Waals surface area contributed by atoms with Gasteiger partial charge in [0.2, 0.25) is 0 Å². The molecular weight excluding hydrogens is 180 g/mol. The van der Waals surface area contributed by atoms with Crippen molar-refractivity contribution in [1.82, 2.24) is 10.2 Å². The summed E-state index contributed by atoms with van der Waals surface area (Å²) in [4.78, 5) is 12.5. The molecule has 1 fully saturated rings. The van der Waals surface area contributed by atoms with Crippen molar-refractivity contribution >= 4 is 6.09 Å². The zero-order valence-corrected chi connectivity index (χ0v) is 9.21. The highest BCUT2D eigenvalue weighted by molar-refractivity contribution is 5.66. The minimum Gasteiger partial charge on any atom is -0.465 e. The highest BCUT2D eigenvalue weighted by atomic mass is 16.4. The van der Waals surface area contributed by atoms with Gasteiger partial charge < -0.3 is 15.3 Å². The lowest BCUT2D eigenvalue weighted by atomic mass is 10.1. The molecule has 0 radical (unpaired) electrons. The molecule has 2 N–H and O–H groups in total.